The first-order valence-corrected chi connectivity index (χ1v) is 8.71. The van der Waals surface area contributed by atoms with Crippen molar-refractivity contribution in [1.82, 2.24) is 0 Å². The molecule has 1 aliphatic rings. The second-order valence-electron chi connectivity index (χ2n) is 5.16. The fourth-order valence-corrected chi connectivity index (χ4v) is 5.32. The summed E-state index contributed by atoms with van der Waals surface area (Å²) in [5.41, 5.74) is 7.46. The molecule has 1 heterocycles. The number of sulfonamides is 1. The zero-order chi connectivity index (χ0) is 14.9. The van der Waals surface area contributed by atoms with Gasteiger partial charge in [0.2, 0.25) is 10.0 Å². The molecule has 0 spiro atoms. The number of nitrogens with two attached hydrogens (primary N) is 1. The molecule has 6 heteroatoms. The molecule has 0 aliphatic carbocycles. The lowest BCUT2D eigenvalue weighted by molar-refractivity contribution is 0.557. The van der Waals surface area contributed by atoms with Crippen molar-refractivity contribution in [2.45, 2.75) is 44.4 Å². The number of hydrogen-bond acceptors (Lipinski definition) is 3. The maximum Gasteiger partial charge on any atom is 0.244 e. The standard InChI is InChI=1S/C14H20N2O2S2/c1-3-13(14(15)19)20(17,18)16-10(2)8-9-11-6-4-5-7-12(11)16/h4-7,10,13H,3,8-9H2,1-2H3,(H2,15,19). The molecule has 4 nitrogen and oxygen atoms in total. The van der Waals surface area contributed by atoms with E-state index < -0.39 is 15.3 Å². The van der Waals surface area contributed by atoms with E-state index in [4.69, 9.17) is 18.0 Å². The molecular weight excluding hydrogens is 292 g/mol. The Kier molecular flexibility index (Phi) is 4.34. The fraction of sp³-hybridized carbons (Fsp3) is 0.500. The molecule has 2 unspecified atom stereocenters. The van der Waals surface area contributed by atoms with Gasteiger partial charge in [0, 0.05) is 6.04 Å². The Morgan fingerprint density at radius 1 is 1.50 bits per heavy atom. The Morgan fingerprint density at radius 3 is 2.75 bits per heavy atom. The predicted molar refractivity (Wildman–Crippen MR) is 86.5 cm³/mol. The number of thiocarbonyl (C=S) groups is 1. The molecule has 1 aliphatic heterocycles. The molecule has 0 aromatic heterocycles. The normalized spacial score (nSPS) is 20.3. The first kappa shape index (κ1) is 15.3. The van der Waals surface area contributed by atoms with Gasteiger partial charge in [-0.15, -0.1) is 0 Å². The predicted octanol–water partition coefficient (Wildman–Crippen LogP) is 2.22. The van der Waals surface area contributed by atoms with Gasteiger partial charge in [-0.3, -0.25) is 4.31 Å². The minimum absolute atomic E-state index is 0.0442. The van der Waals surface area contributed by atoms with Gasteiger partial charge in [0.05, 0.1) is 10.7 Å². The lowest BCUT2D eigenvalue weighted by Gasteiger charge is -2.38. The molecule has 2 N–H and O–H groups in total. The molecule has 20 heavy (non-hydrogen) atoms. The largest absolute Gasteiger partial charge is 0.392 e. The van der Waals surface area contributed by atoms with Crippen LogP contribution in [0.2, 0.25) is 0 Å². The lowest BCUT2D eigenvalue weighted by Crippen LogP contribution is -2.49. The number of aryl methyl sites for hydroxylation is 1. The average molecular weight is 312 g/mol. The van der Waals surface area contributed by atoms with Gasteiger partial charge in [0.15, 0.2) is 0 Å². The van der Waals surface area contributed by atoms with Crippen molar-refractivity contribution in [1.29, 1.82) is 0 Å². The maximum atomic E-state index is 12.9. The van der Waals surface area contributed by atoms with Crippen LogP contribution in [-0.4, -0.2) is 24.7 Å². The van der Waals surface area contributed by atoms with Crippen LogP contribution in [0.3, 0.4) is 0 Å². The van der Waals surface area contributed by atoms with E-state index in [0.717, 1.165) is 24.1 Å². The number of fused-ring (bicyclic) bond motifs is 1. The van der Waals surface area contributed by atoms with Crippen molar-refractivity contribution in [3.05, 3.63) is 29.8 Å². The summed E-state index contributed by atoms with van der Waals surface area (Å²) < 4.78 is 27.3. The lowest BCUT2D eigenvalue weighted by atomic mass is 9.99. The molecule has 0 saturated heterocycles. The van der Waals surface area contributed by atoms with E-state index >= 15 is 0 Å². The average Bonchev–Trinajstić information content (AvgIpc) is 2.38. The van der Waals surface area contributed by atoms with Crippen molar-refractivity contribution in [3.8, 4) is 0 Å². The summed E-state index contributed by atoms with van der Waals surface area (Å²) in [6, 6.07) is 7.56. The van der Waals surface area contributed by atoms with E-state index in [9.17, 15) is 8.42 Å². The molecule has 2 atom stereocenters. The number of para-hydroxylation sites is 1. The minimum Gasteiger partial charge on any atom is -0.392 e. The smallest absolute Gasteiger partial charge is 0.244 e. The second kappa shape index (κ2) is 5.69. The molecule has 0 fully saturated rings. The highest BCUT2D eigenvalue weighted by atomic mass is 32.2. The third-order valence-electron chi connectivity index (χ3n) is 3.78. The van der Waals surface area contributed by atoms with Crippen LogP contribution >= 0.6 is 12.2 Å². The first-order chi connectivity index (χ1) is 9.39. The van der Waals surface area contributed by atoms with Gasteiger partial charge in [-0.25, -0.2) is 8.42 Å². The topological polar surface area (TPSA) is 63.4 Å². The molecule has 0 bridgehead atoms. The summed E-state index contributed by atoms with van der Waals surface area (Å²) in [5, 5.41) is -0.800. The zero-order valence-electron chi connectivity index (χ0n) is 11.7. The Labute approximate surface area is 126 Å². The fourth-order valence-electron chi connectivity index (χ4n) is 2.74. The van der Waals surface area contributed by atoms with E-state index in [-0.39, 0.29) is 11.0 Å². The molecular formula is C14H20N2O2S2. The van der Waals surface area contributed by atoms with E-state index in [0.29, 0.717) is 6.42 Å². The Balaban J connectivity index is 2.53. The van der Waals surface area contributed by atoms with Crippen LogP contribution in [0.5, 0.6) is 0 Å². The number of rotatable bonds is 4. The maximum absolute atomic E-state index is 12.9. The SMILES string of the molecule is CCC(C(N)=S)S(=O)(=O)N1c2ccccc2CCC1C. The third-order valence-corrected chi connectivity index (χ3v) is 6.63. The zero-order valence-corrected chi connectivity index (χ0v) is 13.4. The van der Waals surface area contributed by atoms with E-state index in [2.05, 4.69) is 0 Å². The number of anilines is 1. The van der Waals surface area contributed by atoms with Gasteiger partial charge >= 0.3 is 0 Å². The Morgan fingerprint density at radius 2 is 2.15 bits per heavy atom. The van der Waals surface area contributed by atoms with Crippen LogP contribution in [0.1, 0.15) is 32.3 Å². The summed E-state index contributed by atoms with van der Waals surface area (Å²) in [5.74, 6) is 0. The molecule has 110 valence electrons. The highest BCUT2D eigenvalue weighted by molar-refractivity contribution is 7.95. The summed E-state index contributed by atoms with van der Waals surface area (Å²) in [6.07, 6.45) is 2.10. The highest BCUT2D eigenvalue weighted by Gasteiger charge is 2.38. The second-order valence-corrected chi connectivity index (χ2v) is 7.62. The van der Waals surface area contributed by atoms with Gasteiger partial charge in [0.1, 0.15) is 5.25 Å². The minimum atomic E-state index is -3.57. The van der Waals surface area contributed by atoms with Crippen LogP contribution in [0.4, 0.5) is 5.69 Å². The Hall–Kier alpha value is -1.14. The molecule has 2 rings (SSSR count). The van der Waals surface area contributed by atoms with Crippen molar-refractivity contribution in [2.75, 3.05) is 4.31 Å². The number of hydrogen-bond donors (Lipinski definition) is 1. The molecule has 1 aromatic rings. The van der Waals surface area contributed by atoms with Crippen LogP contribution in [0, 0.1) is 0 Å². The molecule has 1 aromatic carbocycles. The van der Waals surface area contributed by atoms with E-state index in [1.807, 2.05) is 31.2 Å². The molecule has 0 amide bonds. The Bertz CT molecular complexity index is 613. The number of benzene rings is 1. The van der Waals surface area contributed by atoms with Crippen molar-refractivity contribution in [3.63, 3.8) is 0 Å². The van der Waals surface area contributed by atoms with Crippen LogP contribution in [-0.2, 0) is 16.4 Å². The summed E-state index contributed by atoms with van der Waals surface area (Å²) in [4.78, 5) is 0.0442. The van der Waals surface area contributed by atoms with Crippen molar-refractivity contribution >= 4 is 32.9 Å². The quantitative estimate of drug-likeness (QED) is 0.866. The van der Waals surface area contributed by atoms with E-state index in [1.54, 1.807) is 6.92 Å². The molecule has 0 saturated carbocycles. The van der Waals surface area contributed by atoms with Gasteiger partial charge in [-0.2, -0.15) is 0 Å². The first-order valence-electron chi connectivity index (χ1n) is 6.80. The van der Waals surface area contributed by atoms with E-state index in [1.165, 1.54) is 4.31 Å². The van der Waals surface area contributed by atoms with Crippen molar-refractivity contribution in [2.24, 2.45) is 5.73 Å². The van der Waals surface area contributed by atoms with Gasteiger partial charge in [0.25, 0.3) is 0 Å². The number of nitrogens with zero attached hydrogens (tertiary/aromatic N) is 1. The van der Waals surface area contributed by atoms with Crippen molar-refractivity contribution < 1.29 is 8.42 Å². The van der Waals surface area contributed by atoms with Gasteiger partial charge in [-0.1, -0.05) is 37.3 Å². The van der Waals surface area contributed by atoms with Crippen LogP contribution in [0.15, 0.2) is 24.3 Å². The monoisotopic (exact) mass is 312 g/mol. The van der Waals surface area contributed by atoms with Gasteiger partial charge < -0.3 is 5.73 Å². The summed E-state index contributed by atoms with van der Waals surface area (Å²) in [7, 11) is -3.57. The van der Waals surface area contributed by atoms with Crippen LogP contribution < -0.4 is 10.0 Å². The summed E-state index contributed by atoms with van der Waals surface area (Å²) >= 11 is 4.94. The highest BCUT2D eigenvalue weighted by Crippen LogP contribution is 2.34. The van der Waals surface area contributed by atoms with Crippen LogP contribution in [0.25, 0.3) is 0 Å². The molecule has 0 radical (unpaired) electrons. The van der Waals surface area contributed by atoms with Gasteiger partial charge in [-0.05, 0) is 37.8 Å². The summed E-state index contributed by atoms with van der Waals surface area (Å²) in [6.45, 7) is 3.72. The third kappa shape index (κ3) is 2.54.